The predicted molar refractivity (Wildman–Crippen MR) is 117 cm³/mol. The lowest BCUT2D eigenvalue weighted by atomic mass is 9.72. The first-order valence-corrected chi connectivity index (χ1v) is 11.0. The molecule has 1 N–H and O–H groups in total. The van der Waals surface area contributed by atoms with Crippen molar-refractivity contribution < 1.29 is 19.1 Å². The number of ether oxygens (including phenoxy) is 2. The van der Waals surface area contributed by atoms with E-state index in [1.54, 1.807) is 25.4 Å². The molecule has 0 unspecified atom stereocenters. The van der Waals surface area contributed by atoms with E-state index >= 15 is 0 Å². The second-order valence-electron chi connectivity index (χ2n) is 7.57. The molecule has 0 spiro atoms. The highest BCUT2D eigenvalue weighted by Crippen LogP contribution is 2.46. The number of esters is 1. The maximum atomic E-state index is 13.4. The van der Waals surface area contributed by atoms with Crippen LogP contribution < -0.4 is 10.1 Å². The highest BCUT2D eigenvalue weighted by Gasteiger charge is 2.41. The van der Waals surface area contributed by atoms with Gasteiger partial charge in [0.1, 0.15) is 5.75 Å². The van der Waals surface area contributed by atoms with Gasteiger partial charge in [-0.05, 0) is 66.3 Å². The Bertz CT molecular complexity index is 1020. The van der Waals surface area contributed by atoms with Crippen LogP contribution in [0.25, 0.3) is 0 Å². The molecule has 0 amide bonds. The van der Waals surface area contributed by atoms with Crippen molar-refractivity contribution in [2.24, 2.45) is 0 Å². The molecule has 5 nitrogen and oxygen atoms in total. The zero-order chi connectivity index (χ0) is 21.3. The van der Waals surface area contributed by atoms with Crippen molar-refractivity contribution in [2.45, 2.75) is 38.5 Å². The normalized spacial score (nSPS) is 21.2. The van der Waals surface area contributed by atoms with Crippen LogP contribution in [0, 0.1) is 0 Å². The fraction of sp³-hybridized carbons (Fsp3) is 0.333. The van der Waals surface area contributed by atoms with Crippen LogP contribution in [-0.4, -0.2) is 25.5 Å². The summed E-state index contributed by atoms with van der Waals surface area (Å²) < 4.78 is 10.6. The minimum Gasteiger partial charge on any atom is -0.497 e. The topological polar surface area (TPSA) is 64.6 Å². The lowest BCUT2D eigenvalue weighted by Crippen LogP contribution is -2.36. The zero-order valence-corrected chi connectivity index (χ0v) is 18.2. The monoisotopic (exact) mass is 423 g/mol. The van der Waals surface area contributed by atoms with Gasteiger partial charge in [-0.2, -0.15) is 11.3 Å². The Morgan fingerprint density at radius 3 is 2.57 bits per heavy atom. The first-order chi connectivity index (χ1) is 14.5. The van der Waals surface area contributed by atoms with Crippen LogP contribution in [0.2, 0.25) is 0 Å². The molecule has 1 aromatic heterocycles. The number of Topliss-reactive ketones (excluding diaryl/α,β-unsaturated/α-hetero) is 1. The third-order valence-corrected chi connectivity index (χ3v) is 6.49. The number of hydrogen-bond acceptors (Lipinski definition) is 6. The van der Waals surface area contributed by atoms with Crippen LogP contribution in [0.3, 0.4) is 0 Å². The number of hydrogen-bond donors (Lipinski definition) is 1. The molecule has 0 saturated heterocycles. The number of thiophene rings is 1. The van der Waals surface area contributed by atoms with Gasteiger partial charge < -0.3 is 14.8 Å². The zero-order valence-electron chi connectivity index (χ0n) is 17.4. The van der Waals surface area contributed by atoms with E-state index in [4.69, 9.17) is 9.47 Å². The molecular weight excluding hydrogens is 398 g/mol. The molecule has 2 atom stereocenters. The maximum absolute atomic E-state index is 13.4. The molecule has 6 heteroatoms. The van der Waals surface area contributed by atoms with E-state index in [9.17, 15) is 9.59 Å². The van der Waals surface area contributed by atoms with Gasteiger partial charge in [0, 0.05) is 29.3 Å². The van der Waals surface area contributed by atoms with Crippen LogP contribution in [0.4, 0.5) is 0 Å². The SMILES string of the molecule is CCOC(=O)C1=C(C)NC2=C(C(=O)C[C@@H](c3ccc(OC)cc3)C2)[C@H]1c1ccsc1. The first-order valence-electron chi connectivity index (χ1n) is 10.1. The summed E-state index contributed by atoms with van der Waals surface area (Å²) in [5.74, 6) is 0.225. The summed E-state index contributed by atoms with van der Waals surface area (Å²) in [5, 5.41) is 7.35. The van der Waals surface area contributed by atoms with Crippen molar-refractivity contribution >= 4 is 23.1 Å². The van der Waals surface area contributed by atoms with Crippen molar-refractivity contribution in [3.63, 3.8) is 0 Å². The molecule has 1 aliphatic carbocycles. The van der Waals surface area contributed by atoms with Crippen molar-refractivity contribution in [1.29, 1.82) is 0 Å². The van der Waals surface area contributed by atoms with Gasteiger partial charge in [0.15, 0.2) is 5.78 Å². The number of dihydropyridines is 1. The minimum atomic E-state index is -0.379. The third kappa shape index (κ3) is 3.67. The number of methoxy groups -OCH3 is 1. The summed E-state index contributed by atoms with van der Waals surface area (Å²) in [6, 6.07) is 9.88. The van der Waals surface area contributed by atoms with E-state index in [0.29, 0.717) is 24.2 Å². The Morgan fingerprint density at radius 2 is 1.93 bits per heavy atom. The standard InChI is InChI=1S/C24H25NO4S/c1-4-29-24(27)21-14(2)25-19-11-17(15-5-7-18(28-3)8-6-15)12-20(26)23(19)22(21)16-9-10-30-13-16/h5-10,13,17,22,25H,4,11-12H2,1-3H3/t17-,22-/m0/s1. The van der Waals surface area contributed by atoms with Crippen molar-refractivity contribution in [3.05, 3.63) is 74.8 Å². The molecule has 30 heavy (non-hydrogen) atoms. The van der Waals surface area contributed by atoms with E-state index in [1.807, 2.05) is 48.0 Å². The quantitative estimate of drug-likeness (QED) is 0.708. The van der Waals surface area contributed by atoms with Crippen LogP contribution >= 0.6 is 11.3 Å². The Kier molecular flexibility index (Phi) is 5.77. The number of benzene rings is 1. The van der Waals surface area contributed by atoms with E-state index < -0.39 is 0 Å². The average molecular weight is 424 g/mol. The molecule has 0 radical (unpaired) electrons. The molecule has 1 aromatic carbocycles. The lowest BCUT2D eigenvalue weighted by molar-refractivity contribution is -0.138. The molecule has 2 aliphatic rings. The summed E-state index contributed by atoms with van der Waals surface area (Å²) in [6.07, 6.45) is 1.14. The number of carbonyl (C=O) groups is 2. The van der Waals surface area contributed by atoms with Gasteiger partial charge in [-0.25, -0.2) is 4.79 Å². The molecule has 2 aromatic rings. The highest BCUT2D eigenvalue weighted by atomic mass is 32.1. The van der Waals surface area contributed by atoms with Crippen LogP contribution in [0.15, 0.2) is 63.6 Å². The molecule has 0 fully saturated rings. The van der Waals surface area contributed by atoms with Gasteiger partial charge in [0.05, 0.1) is 19.3 Å². The van der Waals surface area contributed by atoms with E-state index in [0.717, 1.165) is 34.7 Å². The van der Waals surface area contributed by atoms with Crippen molar-refractivity contribution in [3.8, 4) is 5.75 Å². The number of rotatable bonds is 5. The molecule has 0 saturated carbocycles. The highest BCUT2D eigenvalue weighted by molar-refractivity contribution is 7.08. The van der Waals surface area contributed by atoms with Gasteiger partial charge in [-0.3, -0.25) is 4.79 Å². The first kappa shape index (κ1) is 20.4. The molecule has 4 rings (SSSR count). The van der Waals surface area contributed by atoms with Crippen LogP contribution in [0.5, 0.6) is 5.75 Å². The minimum absolute atomic E-state index is 0.0788. The maximum Gasteiger partial charge on any atom is 0.336 e. The Hall–Kier alpha value is -2.86. The summed E-state index contributed by atoms with van der Waals surface area (Å²) in [4.78, 5) is 26.2. The number of ketones is 1. The van der Waals surface area contributed by atoms with E-state index in [2.05, 4.69) is 5.32 Å². The van der Waals surface area contributed by atoms with Gasteiger partial charge in [0.25, 0.3) is 0 Å². The Morgan fingerprint density at radius 1 is 1.17 bits per heavy atom. The number of carbonyl (C=O) groups excluding carboxylic acids is 2. The molecule has 0 bridgehead atoms. The summed E-state index contributed by atoms with van der Waals surface area (Å²) in [5.41, 5.74) is 4.98. The van der Waals surface area contributed by atoms with E-state index in [1.165, 1.54) is 0 Å². The van der Waals surface area contributed by atoms with Crippen LogP contribution in [-0.2, 0) is 14.3 Å². The molecule has 156 valence electrons. The Labute approximate surface area is 180 Å². The molecule has 1 aliphatic heterocycles. The van der Waals surface area contributed by atoms with Gasteiger partial charge in [0.2, 0.25) is 0 Å². The summed E-state index contributed by atoms with van der Waals surface area (Å²) >= 11 is 1.56. The van der Waals surface area contributed by atoms with Crippen LogP contribution in [0.1, 0.15) is 49.7 Å². The van der Waals surface area contributed by atoms with Crippen molar-refractivity contribution in [1.82, 2.24) is 5.32 Å². The lowest BCUT2D eigenvalue weighted by Gasteiger charge is -2.36. The third-order valence-electron chi connectivity index (χ3n) is 5.79. The van der Waals surface area contributed by atoms with Gasteiger partial charge in [-0.15, -0.1) is 0 Å². The molecule has 2 heterocycles. The van der Waals surface area contributed by atoms with Gasteiger partial charge >= 0.3 is 5.97 Å². The summed E-state index contributed by atoms with van der Waals surface area (Å²) in [6.45, 7) is 3.97. The Balaban J connectivity index is 1.73. The fourth-order valence-electron chi connectivity index (χ4n) is 4.40. The predicted octanol–water partition coefficient (Wildman–Crippen LogP) is 4.68. The van der Waals surface area contributed by atoms with E-state index in [-0.39, 0.29) is 23.6 Å². The second kappa shape index (κ2) is 8.48. The number of allylic oxidation sites excluding steroid dienone is 3. The van der Waals surface area contributed by atoms with Crippen molar-refractivity contribution in [2.75, 3.05) is 13.7 Å². The molecular formula is C24H25NO4S. The smallest absolute Gasteiger partial charge is 0.336 e. The fourth-order valence-corrected chi connectivity index (χ4v) is 5.09. The second-order valence-corrected chi connectivity index (χ2v) is 8.35. The van der Waals surface area contributed by atoms with Gasteiger partial charge in [-0.1, -0.05) is 12.1 Å². The largest absolute Gasteiger partial charge is 0.497 e. The number of nitrogens with one attached hydrogen (secondary N) is 1. The summed E-state index contributed by atoms with van der Waals surface area (Å²) in [7, 11) is 1.64. The average Bonchev–Trinajstić information content (AvgIpc) is 3.27.